The molecule has 4 aromatic carbocycles. The van der Waals surface area contributed by atoms with Gasteiger partial charge in [-0.1, -0.05) is 59.7 Å². The van der Waals surface area contributed by atoms with Crippen LogP contribution in [0.1, 0.15) is 49.9 Å². The molecular formula is C43H42N4O7S2. The zero-order valence-corrected chi connectivity index (χ0v) is 33.0. The first kappa shape index (κ1) is 39.6. The number of esters is 1. The Morgan fingerprint density at radius 3 is 2.18 bits per heavy atom. The number of para-hydroxylation sites is 1. The Morgan fingerprint density at radius 1 is 0.821 bits per heavy atom. The predicted molar refractivity (Wildman–Crippen MR) is 217 cm³/mol. The second-order valence-electron chi connectivity index (χ2n) is 13.6. The maximum atomic E-state index is 14.5. The van der Waals surface area contributed by atoms with Gasteiger partial charge in [0.1, 0.15) is 12.1 Å². The molecule has 0 fully saturated rings. The van der Waals surface area contributed by atoms with Crippen molar-refractivity contribution in [1.82, 2.24) is 19.9 Å². The highest BCUT2D eigenvalue weighted by atomic mass is 32.2. The van der Waals surface area contributed by atoms with Crippen LogP contribution in [0.25, 0.3) is 22.0 Å². The molecule has 0 aliphatic heterocycles. The number of likely N-dealkylation sites (N-methyl/N-ethyl adjacent to an activating group) is 1. The molecule has 0 saturated carbocycles. The van der Waals surface area contributed by atoms with Gasteiger partial charge in [0.05, 0.1) is 17.1 Å². The Bertz CT molecular complexity index is 2460. The van der Waals surface area contributed by atoms with Crippen LogP contribution in [0.2, 0.25) is 0 Å². The number of aryl methyl sites for hydroxylation is 2. The molecule has 0 radical (unpaired) electrons. The monoisotopic (exact) mass is 790 g/mol. The number of aromatic nitrogens is 1. The number of fused-ring (bicyclic) bond motifs is 1. The summed E-state index contributed by atoms with van der Waals surface area (Å²) in [6.07, 6.45) is 1.74. The van der Waals surface area contributed by atoms with Crippen LogP contribution in [0.4, 0.5) is 0 Å². The summed E-state index contributed by atoms with van der Waals surface area (Å²) < 4.78 is 34.2. The molecule has 2 aromatic heterocycles. The molecule has 0 aliphatic rings. The van der Waals surface area contributed by atoms with Gasteiger partial charge in [-0.3, -0.25) is 14.4 Å². The minimum absolute atomic E-state index is 0.0737. The minimum Gasteiger partial charge on any atom is -0.462 e. The van der Waals surface area contributed by atoms with Crippen molar-refractivity contribution in [2.24, 2.45) is 0 Å². The highest BCUT2D eigenvalue weighted by Gasteiger charge is 2.33. The first-order valence-electron chi connectivity index (χ1n) is 18.0. The van der Waals surface area contributed by atoms with Gasteiger partial charge in [0.15, 0.2) is 0 Å². The van der Waals surface area contributed by atoms with E-state index in [1.807, 2.05) is 85.3 Å². The number of H-pyrrole nitrogens is 1. The number of nitrogens with zero attached hydrogens (tertiary/aromatic N) is 1. The molecule has 11 nitrogen and oxygen atoms in total. The Labute approximate surface area is 329 Å². The lowest BCUT2D eigenvalue weighted by Gasteiger charge is -2.29. The summed E-state index contributed by atoms with van der Waals surface area (Å²) in [7, 11) is -2.91. The Balaban J connectivity index is 1.32. The largest absolute Gasteiger partial charge is 0.462 e. The van der Waals surface area contributed by atoms with Gasteiger partial charge in [-0.05, 0) is 102 Å². The fourth-order valence-electron chi connectivity index (χ4n) is 6.58. The summed E-state index contributed by atoms with van der Waals surface area (Å²) >= 11 is 1.59. The number of aromatic amines is 1. The third-order valence-electron chi connectivity index (χ3n) is 9.44. The van der Waals surface area contributed by atoms with E-state index in [9.17, 15) is 27.6 Å². The van der Waals surface area contributed by atoms with Crippen molar-refractivity contribution < 1.29 is 32.3 Å². The van der Waals surface area contributed by atoms with Gasteiger partial charge < -0.3 is 19.9 Å². The number of rotatable bonds is 14. The van der Waals surface area contributed by atoms with E-state index in [2.05, 4.69) is 15.0 Å². The highest BCUT2D eigenvalue weighted by Crippen LogP contribution is 2.24. The molecule has 13 heteroatoms. The smallest absolute Gasteiger partial charge is 0.338 e. The van der Waals surface area contributed by atoms with Gasteiger partial charge >= 0.3 is 5.97 Å². The lowest BCUT2D eigenvalue weighted by Crippen LogP contribution is -2.56. The normalized spacial score (nSPS) is 12.4. The van der Waals surface area contributed by atoms with Crippen molar-refractivity contribution in [1.29, 1.82) is 0 Å². The number of thiophene rings is 1. The average molecular weight is 791 g/mol. The van der Waals surface area contributed by atoms with Crippen LogP contribution in [0.5, 0.6) is 0 Å². The molecule has 2 heterocycles. The molecule has 0 aliphatic carbocycles. The molecule has 2 atom stereocenters. The topological polar surface area (TPSA) is 155 Å². The standard InChI is InChI=1S/C43H42N4O7S2/c1-5-54-43(51)31-14-16-35(17-15-31)56(52,53)46-40(48)38(24-34-25-44-37-9-7-6-8-36(34)37)45-41(49)39(47(4)42(50)33-21-27(2)20-28(3)22-33)23-29-10-12-30(13-11-29)32-18-19-55-26-32/h6-22,25-26,38-39,44H,5,23-24H2,1-4H3,(H,45,49)(H,46,48)/t38-,39+/m0/s1. The van der Waals surface area contributed by atoms with Crippen LogP contribution in [-0.2, 0) is 37.2 Å². The summed E-state index contributed by atoms with van der Waals surface area (Å²) in [5.41, 5.74) is 6.63. The summed E-state index contributed by atoms with van der Waals surface area (Å²) in [5.74, 6) is -2.64. The van der Waals surface area contributed by atoms with Gasteiger partial charge in [-0.2, -0.15) is 11.3 Å². The van der Waals surface area contributed by atoms with Crippen molar-refractivity contribution in [3.63, 3.8) is 0 Å². The van der Waals surface area contributed by atoms with Crippen molar-refractivity contribution in [3.05, 3.63) is 147 Å². The zero-order valence-electron chi connectivity index (χ0n) is 31.4. The van der Waals surface area contributed by atoms with Gasteiger partial charge in [-0.25, -0.2) is 17.9 Å². The number of benzene rings is 4. The molecule has 6 aromatic rings. The molecule has 288 valence electrons. The Hall–Kier alpha value is -6.05. The Morgan fingerprint density at radius 2 is 1.52 bits per heavy atom. The van der Waals surface area contributed by atoms with Gasteiger partial charge in [0, 0.05) is 42.6 Å². The van der Waals surface area contributed by atoms with Crippen LogP contribution < -0.4 is 10.0 Å². The minimum atomic E-state index is -4.46. The number of amides is 3. The number of carbonyl (C=O) groups excluding carboxylic acids is 4. The second kappa shape index (κ2) is 17.2. The van der Waals surface area contributed by atoms with Crippen molar-refractivity contribution in [3.8, 4) is 11.1 Å². The number of hydrogen-bond donors (Lipinski definition) is 3. The summed E-state index contributed by atoms with van der Waals surface area (Å²) in [6, 6.07) is 25.1. The molecule has 3 amide bonds. The number of hydrogen-bond acceptors (Lipinski definition) is 8. The quantitative estimate of drug-likeness (QED) is 0.105. The van der Waals surface area contributed by atoms with Crippen molar-refractivity contribution in [2.45, 2.75) is 50.6 Å². The predicted octanol–water partition coefficient (Wildman–Crippen LogP) is 6.61. The molecule has 3 N–H and O–H groups in total. The number of carbonyl (C=O) groups is 4. The third kappa shape index (κ3) is 9.24. The summed E-state index contributed by atoms with van der Waals surface area (Å²) in [6.45, 7) is 5.58. The molecule has 0 bridgehead atoms. The molecule has 0 spiro atoms. The van der Waals surface area contributed by atoms with E-state index in [0.29, 0.717) is 11.1 Å². The third-order valence-corrected chi connectivity index (χ3v) is 11.5. The number of sulfonamides is 1. The average Bonchev–Trinajstić information content (AvgIpc) is 3.87. The lowest BCUT2D eigenvalue weighted by molar-refractivity contribution is -0.130. The van der Waals surface area contributed by atoms with E-state index < -0.39 is 45.8 Å². The highest BCUT2D eigenvalue weighted by molar-refractivity contribution is 7.90. The summed E-state index contributed by atoms with van der Waals surface area (Å²) in [4.78, 5) is 59.0. The van der Waals surface area contributed by atoms with Crippen LogP contribution in [0.15, 0.2) is 119 Å². The van der Waals surface area contributed by atoms with E-state index in [1.165, 1.54) is 29.2 Å². The summed E-state index contributed by atoms with van der Waals surface area (Å²) in [5, 5.41) is 7.64. The number of ether oxygens (including phenoxy) is 1. The second-order valence-corrected chi connectivity index (χ2v) is 16.0. The fourth-order valence-corrected chi connectivity index (χ4v) is 8.26. The van der Waals surface area contributed by atoms with Crippen LogP contribution in [0, 0.1) is 13.8 Å². The molecule has 0 saturated heterocycles. The van der Waals surface area contributed by atoms with E-state index in [1.54, 1.807) is 43.6 Å². The van der Waals surface area contributed by atoms with Crippen molar-refractivity contribution in [2.75, 3.05) is 13.7 Å². The van der Waals surface area contributed by atoms with Gasteiger partial charge in [0.2, 0.25) is 5.91 Å². The first-order chi connectivity index (χ1) is 26.8. The SMILES string of the molecule is CCOC(=O)c1ccc(S(=O)(=O)NC(=O)[C@H](Cc2c[nH]c3ccccc23)NC(=O)[C@@H](Cc2ccc(-c3ccsc3)cc2)N(C)C(=O)c2cc(C)cc(C)c2)cc1. The maximum Gasteiger partial charge on any atom is 0.338 e. The van der Waals surface area contributed by atoms with Crippen molar-refractivity contribution >= 4 is 56.0 Å². The van der Waals surface area contributed by atoms with Crippen LogP contribution >= 0.6 is 11.3 Å². The van der Waals surface area contributed by atoms with E-state index in [0.717, 1.165) is 38.7 Å². The van der Waals surface area contributed by atoms with Crippen LogP contribution in [-0.4, -0.2) is 67.7 Å². The lowest BCUT2D eigenvalue weighted by atomic mass is 9.99. The van der Waals surface area contributed by atoms with E-state index in [-0.39, 0.29) is 29.9 Å². The maximum absolute atomic E-state index is 14.5. The van der Waals surface area contributed by atoms with Gasteiger partial charge in [-0.15, -0.1) is 0 Å². The molecule has 0 unspecified atom stereocenters. The van der Waals surface area contributed by atoms with E-state index >= 15 is 0 Å². The van der Waals surface area contributed by atoms with E-state index in [4.69, 9.17) is 4.74 Å². The Kier molecular flexibility index (Phi) is 12.2. The van der Waals surface area contributed by atoms with Crippen LogP contribution in [0.3, 0.4) is 0 Å². The molecular weight excluding hydrogens is 749 g/mol. The molecule has 56 heavy (non-hydrogen) atoms. The number of nitrogens with one attached hydrogen (secondary N) is 3. The first-order valence-corrected chi connectivity index (χ1v) is 20.4. The molecule has 6 rings (SSSR count). The van der Waals surface area contributed by atoms with Gasteiger partial charge in [0.25, 0.3) is 21.8 Å². The zero-order chi connectivity index (χ0) is 40.0. The fraction of sp³-hybridized carbons (Fsp3) is 0.209.